The maximum atomic E-state index is 12.1. The van der Waals surface area contributed by atoms with Crippen molar-refractivity contribution in [2.75, 3.05) is 26.5 Å². The molecular weight excluding hydrogens is 274 g/mol. The Morgan fingerprint density at radius 2 is 1.95 bits per heavy atom. The topological polar surface area (TPSA) is 90.0 Å². The number of methoxy groups -OCH3 is 2. The van der Waals surface area contributed by atoms with Gasteiger partial charge >= 0.3 is 11.9 Å². The van der Waals surface area contributed by atoms with Gasteiger partial charge in [-0.25, -0.2) is 8.42 Å². The minimum Gasteiger partial charge on any atom is -0.469 e. The van der Waals surface area contributed by atoms with Gasteiger partial charge in [0.25, 0.3) is 0 Å². The first kappa shape index (κ1) is 15.9. The lowest BCUT2D eigenvalue weighted by Crippen LogP contribution is -2.42. The second-order valence-electron chi connectivity index (χ2n) is 4.29. The van der Waals surface area contributed by atoms with Gasteiger partial charge in [0.15, 0.2) is 0 Å². The number of esters is 2. The van der Waals surface area contributed by atoms with Gasteiger partial charge in [0.1, 0.15) is 6.04 Å². The van der Waals surface area contributed by atoms with Crippen LogP contribution in [0.1, 0.15) is 25.7 Å². The molecular formula is C11H19NO6S. The Labute approximate surface area is 112 Å². The highest BCUT2D eigenvalue weighted by molar-refractivity contribution is 7.89. The molecule has 0 amide bonds. The van der Waals surface area contributed by atoms with E-state index in [9.17, 15) is 18.0 Å². The summed E-state index contributed by atoms with van der Waals surface area (Å²) in [5, 5.41) is 0. The Kier molecular flexibility index (Phi) is 5.74. The predicted molar refractivity (Wildman–Crippen MR) is 66.8 cm³/mol. The van der Waals surface area contributed by atoms with Crippen molar-refractivity contribution in [1.29, 1.82) is 0 Å². The molecule has 1 unspecified atom stereocenters. The molecule has 110 valence electrons. The molecule has 0 spiro atoms. The van der Waals surface area contributed by atoms with Gasteiger partial charge in [-0.3, -0.25) is 9.59 Å². The van der Waals surface area contributed by atoms with Crippen LogP contribution in [-0.4, -0.2) is 57.2 Å². The lowest BCUT2D eigenvalue weighted by Gasteiger charge is -2.21. The Balaban J connectivity index is 2.61. The standard InChI is InChI=1S/C11H19NO6S/c1-17-10(13)6-4-8-19(15,16)12-7-3-5-9(12)11(14)18-2/h9H,3-8H2,1-2H3. The lowest BCUT2D eigenvalue weighted by atomic mass is 10.2. The van der Waals surface area contributed by atoms with Crippen LogP contribution >= 0.6 is 0 Å². The zero-order valence-electron chi connectivity index (χ0n) is 11.1. The third-order valence-electron chi connectivity index (χ3n) is 3.05. The molecule has 0 aromatic rings. The molecule has 0 aromatic heterocycles. The molecule has 0 N–H and O–H groups in total. The van der Waals surface area contributed by atoms with Crippen molar-refractivity contribution in [2.45, 2.75) is 31.7 Å². The van der Waals surface area contributed by atoms with E-state index in [2.05, 4.69) is 9.47 Å². The molecule has 0 bridgehead atoms. The minimum absolute atomic E-state index is 0.0481. The first-order valence-electron chi connectivity index (χ1n) is 6.06. The fraction of sp³-hybridized carbons (Fsp3) is 0.818. The molecule has 0 radical (unpaired) electrons. The van der Waals surface area contributed by atoms with Crippen molar-refractivity contribution >= 4 is 22.0 Å². The second kappa shape index (κ2) is 6.85. The normalized spacial score (nSPS) is 20.2. The smallest absolute Gasteiger partial charge is 0.324 e. The minimum atomic E-state index is -3.54. The van der Waals surface area contributed by atoms with Gasteiger partial charge < -0.3 is 9.47 Å². The number of hydrogen-bond acceptors (Lipinski definition) is 6. The molecule has 1 heterocycles. The van der Waals surface area contributed by atoms with Crippen LogP contribution in [0, 0.1) is 0 Å². The van der Waals surface area contributed by atoms with E-state index in [0.717, 1.165) is 0 Å². The highest BCUT2D eigenvalue weighted by atomic mass is 32.2. The van der Waals surface area contributed by atoms with E-state index in [1.165, 1.54) is 18.5 Å². The van der Waals surface area contributed by atoms with E-state index in [4.69, 9.17) is 0 Å². The van der Waals surface area contributed by atoms with Crippen LogP contribution in [0.5, 0.6) is 0 Å². The van der Waals surface area contributed by atoms with Crippen LogP contribution in [0.15, 0.2) is 0 Å². The maximum absolute atomic E-state index is 12.1. The molecule has 0 aromatic carbocycles. The Bertz CT molecular complexity index is 432. The highest BCUT2D eigenvalue weighted by Crippen LogP contribution is 2.22. The molecule has 1 rings (SSSR count). The molecule has 1 aliphatic rings. The fourth-order valence-corrected chi connectivity index (χ4v) is 3.79. The third-order valence-corrected chi connectivity index (χ3v) is 5.00. The van der Waals surface area contributed by atoms with Crippen molar-refractivity contribution in [3.05, 3.63) is 0 Å². The molecule has 1 saturated heterocycles. The van der Waals surface area contributed by atoms with Crippen LogP contribution in [-0.2, 0) is 29.1 Å². The molecule has 1 fully saturated rings. The number of sulfonamides is 1. The quantitative estimate of drug-likeness (QED) is 0.636. The largest absolute Gasteiger partial charge is 0.469 e. The van der Waals surface area contributed by atoms with Crippen molar-refractivity contribution in [2.24, 2.45) is 0 Å². The number of carbonyl (C=O) groups is 2. The summed E-state index contributed by atoms with van der Waals surface area (Å²) in [5.74, 6) is -1.15. The van der Waals surface area contributed by atoms with Crippen molar-refractivity contribution < 1.29 is 27.5 Å². The molecule has 7 nitrogen and oxygen atoms in total. The molecule has 0 aliphatic carbocycles. The van der Waals surface area contributed by atoms with Gasteiger partial charge in [0.05, 0.1) is 20.0 Å². The van der Waals surface area contributed by atoms with E-state index < -0.39 is 28.0 Å². The number of carbonyl (C=O) groups excluding carboxylic acids is 2. The van der Waals surface area contributed by atoms with Gasteiger partial charge in [-0.2, -0.15) is 4.31 Å². The van der Waals surface area contributed by atoms with Crippen LogP contribution in [0.25, 0.3) is 0 Å². The van der Waals surface area contributed by atoms with E-state index in [-0.39, 0.29) is 18.6 Å². The van der Waals surface area contributed by atoms with E-state index in [1.54, 1.807) is 0 Å². The van der Waals surface area contributed by atoms with Crippen molar-refractivity contribution in [1.82, 2.24) is 4.31 Å². The van der Waals surface area contributed by atoms with E-state index in [1.807, 2.05) is 0 Å². The average Bonchev–Trinajstić information content (AvgIpc) is 2.87. The van der Waals surface area contributed by atoms with Crippen LogP contribution in [0.4, 0.5) is 0 Å². The third kappa shape index (κ3) is 4.17. The monoisotopic (exact) mass is 293 g/mol. The summed E-state index contributed by atoms with van der Waals surface area (Å²) in [6.07, 6.45) is 1.34. The summed E-state index contributed by atoms with van der Waals surface area (Å²) in [6, 6.07) is -0.729. The first-order valence-corrected chi connectivity index (χ1v) is 7.67. The zero-order chi connectivity index (χ0) is 14.5. The SMILES string of the molecule is COC(=O)CCCS(=O)(=O)N1CCCC1C(=O)OC. The van der Waals surface area contributed by atoms with E-state index >= 15 is 0 Å². The molecule has 8 heteroatoms. The Morgan fingerprint density at radius 3 is 2.53 bits per heavy atom. The number of nitrogens with zero attached hydrogens (tertiary/aromatic N) is 1. The van der Waals surface area contributed by atoms with Gasteiger partial charge in [0.2, 0.25) is 10.0 Å². The summed E-state index contributed by atoms with van der Waals surface area (Å²) in [4.78, 5) is 22.4. The summed E-state index contributed by atoms with van der Waals surface area (Å²) >= 11 is 0. The fourth-order valence-electron chi connectivity index (χ4n) is 2.06. The second-order valence-corrected chi connectivity index (χ2v) is 6.33. The highest BCUT2D eigenvalue weighted by Gasteiger charge is 2.38. The summed E-state index contributed by atoms with van der Waals surface area (Å²) < 4.78 is 34.4. The Morgan fingerprint density at radius 1 is 1.26 bits per heavy atom. The van der Waals surface area contributed by atoms with E-state index in [0.29, 0.717) is 19.4 Å². The van der Waals surface area contributed by atoms with Crippen molar-refractivity contribution in [3.63, 3.8) is 0 Å². The zero-order valence-corrected chi connectivity index (χ0v) is 11.9. The number of hydrogen-bond donors (Lipinski definition) is 0. The van der Waals surface area contributed by atoms with Gasteiger partial charge in [-0.1, -0.05) is 0 Å². The number of rotatable bonds is 6. The van der Waals surface area contributed by atoms with Gasteiger partial charge in [-0.05, 0) is 19.3 Å². The van der Waals surface area contributed by atoms with Crippen LogP contribution < -0.4 is 0 Å². The predicted octanol–water partition coefficient (Wildman–Crippen LogP) is -0.0932. The molecule has 0 saturated carbocycles. The lowest BCUT2D eigenvalue weighted by molar-refractivity contribution is -0.144. The van der Waals surface area contributed by atoms with Crippen LogP contribution in [0.3, 0.4) is 0 Å². The molecule has 1 atom stereocenters. The average molecular weight is 293 g/mol. The van der Waals surface area contributed by atoms with Gasteiger partial charge in [0, 0.05) is 13.0 Å². The first-order chi connectivity index (χ1) is 8.92. The number of ether oxygens (including phenoxy) is 2. The van der Waals surface area contributed by atoms with Gasteiger partial charge in [-0.15, -0.1) is 0 Å². The Hall–Kier alpha value is -1.15. The summed E-state index contributed by atoms with van der Waals surface area (Å²) in [6.45, 7) is 0.320. The molecule has 1 aliphatic heterocycles. The molecule has 19 heavy (non-hydrogen) atoms. The maximum Gasteiger partial charge on any atom is 0.324 e. The van der Waals surface area contributed by atoms with Crippen molar-refractivity contribution in [3.8, 4) is 0 Å². The summed E-state index contributed by atoms with van der Waals surface area (Å²) in [5.41, 5.74) is 0. The summed E-state index contributed by atoms with van der Waals surface area (Å²) in [7, 11) is -1.05. The van der Waals surface area contributed by atoms with Crippen LogP contribution in [0.2, 0.25) is 0 Å².